The second-order valence-corrected chi connectivity index (χ2v) is 4.56. The van der Waals surface area contributed by atoms with E-state index in [0.717, 1.165) is 56.4 Å². The van der Waals surface area contributed by atoms with Crippen LogP contribution in [-0.2, 0) is 4.74 Å². The van der Waals surface area contributed by atoms with Crippen LogP contribution in [0.4, 0.5) is 11.6 Å². The number of imidazole rings is 1. The van der Waals surface area contributed by atoms with Crippen molar-refractivity contribution < 1.29 is 4.74 Å². The summed E-state index contributed by atoms with van der Waals surface area (Å²) in [5.74, 6) is 1.66. The first-order chi connectivity index (χ1) is 9.85. The van der Waals surface area contributed by atoms with E-state index in [9.17, 15) is 0 Å². The van der Waals surface area contributed by atoms with Gasteiger partial charge in [0.1, 0.15) is 5.82 Å². The molecule has 0 aliphatic rings. The van der Waals surface area contributed by atoms with Crippen LogP contribution in [0.2, 0.25) is 0 Å². The number of rotatable bonds is 9. The number of hydrogen-bond donors (Lipinski definition) is 2. The van der Waals surface area contributed by atoms with Gasteiger partial charge in [-0.25, -0.2) is 9.97 Å². The fourth-order valence-corrected chi connectivity index (χ4v) is 1.94. The van der Waals surface area contributed by atoms with Gasteiger partial charge < -0.3 is 19.8 Å². The summed E-state index contributed by atoms with van der Waals surface area (Å²) in [5.41, 5.74) is 0.848. The first kappa shape index (κ1) is 14.6. The molecule has 20 heavy (non-hydrogen) atoms. The molecule has 0 saturated heterocycles. The molecule has 2 aromatic heterocycles. The highest BCUT2D eigenvalue weighted by Crippen LogP contribution is 2.16. The van der Waals surface area contributed by atoms with Crippen LogP contribution in [-0.4, -0.2) is 40.7 Å². The zero-order valence-corrected chi connectivity index (χ0v) is 12.2. The van der Waals surface area contributed by atoms with E-state index in [1.165, 1.54) is 0 Å². The van der Waals surface area contributed by atoms with Gasteiger partial charge in [0.05, 0.1) is 6.20 Å². The second kappa shape index (κ2) is 7.69. The molecule has 0 aliphatic heterocycles. The SMILES string of the molecule is CCCOCCCNc1nc(NCC)cn2ccnc12. The molecule has 2 rings (SSSR count). The third kappa shape index (κ3) is 3.84. The number of nitrogens with one attached hydrogen (secondary N) is 2. The molecule has 0 atom stereocenters. The Balaban J connectivity index is 1.95. The molecule has 6 nitrogen and oxygen atoms in total. The molecule has 0 unspecified atom stereocenters. The maximum Gasteiger partial charge on any atom is 0.180 e. The topological polar surface area (TPSA) is 63.5 Å². The van der Waals surface area contributed by atoms with E-state index >= 15 is 0 Å². The Morgan fingerprint density at radius 3 is 2.95 bits per heavy atom. The summed E-state index contributed by atoms with van der Waals surface area (Å²) in [5, 5.41) is 6.56. The van der Waals surface area contributed by atoms with E-state index < -0.39 is 0 Å². The first-order valence-electron chi connectivity index (χ1n) is 7.24. The van der Waals surface area contributed by atoms with Crippen molar-refractivity contribution in [2.45, 2.75) is 26.7 Å². The third-order valence-corrected chi connectivity index (χ3v) is 2.84. The van der Waals surface area contributed by atoms with Gasteiger partial charge in [-0.3, -0.25) is 0 Å². The van der Waals surface area contributed by atoms with Gasteiger partial charge in [-0.2, -0.15) is 0 Å². The Labute approximate surface area is 119 Å². The maximum atomic E-state index is 5.46. The van der Waals surface area contributed by atoms with Crippen molar-refractivity contribution in [1.82, 2.24) is 14.4 Å². The maximum absolute atomic E-state index is 5.46. The van der Waals surface area contributed by atoms with Crippen molar-refractivity contribution in [1.29, 1.82) is 0 Å². The van der Waals surface area contributed by atoms with Crippen molar-refractivity contribution >= 4 is 17.3 Å². The lowest BCUT2D eigenvalue weighted by Crippen LogP contribution is -2.10. The van der Waals surface area contributed by atoms with Crippen LogP contribution < -0.4 is 10.6 Å². The van der Waals surface area contributed by atoms with Crippen LogP contribution in [0.25, 0.3) is 5.65 Å². The van der Waals surface area contributed by atoms with Crippen molar-refractivity contribution in [3.8, 4) is 0 Å². The van der Waals surface area contributed by atoms with Crippen LogP contribution in [0.3, 0.4) is 0 Å². The summed E-state index contributed by atoms with van der Waals surface area (Å²) in [6.45, 7) is 7.45. The minimum Gasteiger partial charge on any atom is -0.381 e. The minimum absolute atomic E-state index is 0.776. The fraction of sp³-hybridized carbons (Fsp3) is 0.571. The van der Waals surface area contributed by atoms with E-state index in [2.05, 4.69) is 34.4 Å². The average molecular weight is 277 g/mol. The molecule has 0 aliphatic carbocycles. The summed E-state index contributed by atoms with van der Waals surface area (Å²) in [6.07, 6.45) is 7.67. The molecule has 0 bridgehead atoms. The van der Waals surface area contributed by atoms with Gasteiger partial charge in [0, 0.05) is 38.7 Å². The van der Waals surface area contributed by atoms with Crippen LogP contribution in [0.15, 0.2) is 18.6 Å². The van der Waals surface area contributed by atoms with E-state index in [0.29, 0.717) is 0 Å². The first-order valence-corrected chi connectivity index (χ1v) is 7.24. The summed E-state index contributed by atoms with van der Waals surface area (Å²) < 4.78 is 7.44. The van der Waals surface area contributed by atoms with Gasteiger partial charge in [-0.1, -0.05) is 6.92 Å². The second-order valence-electron chi connectivity index (χ2n) is 4.56. The molecule has 0 aromatic carbocycles. The molecule has 0 saturated carbocycles. The zero-order valence-electron chi connectivity index (χ0n) is 12.2. The lowest BCUT2D eigenvalue weighted by Gasteiger charge is -2.10. The highest BCUT2D eigenvalue weighted by Gasteiger charge is 2.06. The molecule has 0 fully saturated rings. The van der Waals surface area contributed by atoms with Crippen LogP contribution >= 0.6 is 0 Å². The Morgan fingerprint density at radius 1 is 1.25 bits per heavy atom. The van der Waals surface area contributed by atoms with Crippen LogP contribution in [0.1, 0.15) is 26.7 Å². The van der Waals surface area contributed by atoms with Gasteiger partial charge in [0.15, 0.2) is 11.5 Å². The monoisotopic (exact) mass is 277 g/mol. The summed E-state index contributed by atoms with van der Waals surface area (Å²) >= 11 is 0. The van der Waals surface area contributed by atoms with Gasteiger partial charge in [-0.15, -0.1) is 0 Å². The number of ether oxygens (including phenoxy) is 1. The largest absolute Gasteiger partial charge is 0.381 e. The Morgan fingerprint density at radius 2 is 2.15 bits per heavy atom. The molecule has 6 heteroatoms. The summed E-state index contributed by atoms with van der Waals surface area (Å²) in [7, 11) is 0. The molecular weight excluding hydrogens is 254 g/mol. The molecule has 2 aromatic rings. The van der Waals surface area contributed by atoms with Crippen molar-refractivity contribution in [3.63, 3.8) is 0 Å². The Bertz CT molecular complexity index is 525. The standard InChI is InChI=1S/C14H23N5O/c1-3-9-20-10-5-6-16-13-14-17-7-8-19(14)11-12(18-13)15-4-2/h7-8,11,15H,3-6,9-10H2,1-2H3,(H,16,18). The molecular formula is C14H23N5O. The summed E-state index contributed by atoms with van der Waals surface area (Å²) in [6, 6.07) is 0. The predicted molar refractivity (Wildman–Crippen MR) is 81.4 cm³/mol. The van der Waals surface area contributed by atoms with E-state index in [1.807, 2.05) is 16.8 Å². The lowest BCUT2D eigenvalue weighted by molar-refractivity contribution is 0.134. The molecule has 0 amide bonds. The average Bonchev–Trinajstić information content (AvgIpc) is 2.91. The molecule has 0 spiro atoms. The normalized spacial score (nSPS) is 10.9. The van der Waals surface area contributed by atoms with Gasteiger partial charge in [0.25, 0.3) is 0 Å². The van der Waals surface area contributed by atoms with E-state index in [1.54, 1.807) is 6.20 Å². The fourth-order valence-electron chi connectivity index (χ4n) is 1.94. The smallest absolute Gasteiger partial charge is 0.180 e. The predicted octanol–water partition coefficient (Wildman–Crippen LogP) is 2.39. The van der Waals surface area contributed by atoms with E-state index in [4.69, 9.17) is 4.74 Å². The molecule has 110 valence electrons. The summed E-state index contributed by atoms with van der Waals surface area (Å²) in [4.78, 5) is 8.88. The number of nitrogens with zero attached hydrogens (tertiary/aromatic N) is 3. The van der Waals surface area contributed by atoms with Gasteiger partial charge in [-0.05, 0) is 19.8 Å². The molecule has 0 radical (unpaired) electrons. The highest BCUT2D eigenvalue weighted by atomic mass is 16.5. The number of hydrogen-bond acceptors (Lipinski definition) is 5. The lowest BCUT2D eigenvalue weighted by atomic mass is 10.4. The number of anilines is 2. The Hall–Kier alpha value is -1.82. The van der Waals surface area contributed by atoms with Crippen molar-refractivity contribution in [2.24, 2.45) is 0 Å². The third-order valence-electron chi connectivity index (χ3n) is 2.84. The molecule has 2 N–H and O–H groups in total. The highest BCUT2D eigenvalue weighted by molar-refractivity contribution is 5.65. The minimum atomic E-state index is 0.776. The van der Waals surface area contributed by atoms with Gasteiger partial charge in [0.2, 0.25) is 0 Å². The van der Waals surface area contributed by atoms with Crippen molar-refractivity contribution in [2.75, 3.05) is 36.9 Å². The van der Waals surface area contributed by atoms with Crippen molar-refractivity contribution in [3.05, 3.63) is 18.6 Å². The van der Waals surface area contributed by atoms with Gasteiger partial charge >= 0.3 is 0 Å². The quantitative estimate of drug-likeness (QED) is 0.689. The Kier molecular flexibility index (Phi) is 5.61. The van der Waals surface area contributed by atoms with E-state index in [-0.39, 0.29) is 0 Å². The molecule has 2 heterocycles. The van der Waals surface area contributed by atoms with Crippen LogP contribution in [0, 0.1) is 0 Å². The number of aromatic nitrogens is 3. The van der Waals surface area contributed by atoms with Crippen LogP contribution in [0.5, 0.6) is 0 Å². The number of fused-ring (bicyclic) bond motifs is 1. The zero-order chi connectivity index (χ0) is 14.2.